The van der Waals surface area contributed by atoms with Crippen LogP contribution in [0.15, 0.2) is 36.0 Å². The van der Waals surface area contributed by atoms with Gasteiger partial charge in [-0.25, -0.2) is 0 Å². The zero-order chi connectivity index (χ0) is 10.6. The van der Waals surface area contributed by atoms with E-state index in [0.717, 1.165) is 32.0 Å². The highest BCUT2D eigenvalue weighted by molar-refractivity contribution is 5.65. The fraction of sp³-hybridized carbons (Fsp3) is 0.462. The molecule has 1 heteroatoms. The molecule has 0 aromatic heterocycles. The molecule has 0 aliphatic heterocycles. The van der Waals surface area contributed by atoms with Crippen molar-refractivity contribution in [2.45, 2.75) is 39.5 Å². The summed E-state index contributed by atoms with van der Waals surface area (Å²) < 4.78 is 0. The Kier molecular flexibility index (Phi) is 9.18. The van der Waals surface area contributed by atoms with Gasteiger partial charge in [-0.05, 0) is 45.6 Å². The quantitative estimate of drug-likeness (QED) is 0.259. The molecule has 0 bridgehead atoms. The van der Waals surface area contributed by atoms with Crippen molar-refractivity contribution in [2.24, 2.45) is 0 Å². The van der Waals surface area contributed by atoms with Crippen LogP contribution in [0.1, 0.15) is 39.5 Å². The van der Waals surface area contributed by atoms with Gasteiger partial charge in [0.1, 0.15) is 6.29 Å². The summed E-state index contributed by atoms with van der Waals surface area (Å²) in [5, 5.41) is 0. The molecule has 0 aromatic rings. The van der Waals surface area contributed by atoms with Crippen LogP contribution in [0.3, 0.4) is 0 Å². The van der Waals surface area contributed by atoms with E-state index in [0.29, 0.717) is 0 Å². The molecule has 0 spiro atoms. The van der Waals surface area contributed by atoms with Crippen molar-refractivity contribution in [2.75, 3.05) is 0 Å². The molecule has 0 aromatic carbocycles. The largest absolute Gasteiger partial charge is 0.299 e. The normalized spacial score (nSPS) is 12.9. The molecule has 0 fully saturated rings. The molecular weight excluding hydrogens is 172 g/mol. The van der Waals surface area contributed by atoms with E-state index in [9.17, 15) is 4.79 Å². The molecule has 0 aliphatic rings. The van der Waals surface area contributed by atoms with E-state index in [4.69, 9.17) is 0 Å². The minimum Gasteiger partial charge on any atom is -0.299 e. The average molecular weight is 192 g/mol. The number of carbonyl (C=O) groups is 1. The third-order valence-electron chi connectivity index (χ3n) is 1.97. The summed E-state index contributed by atoms with van der Waals surface area (Å²) in [5.74, 6) is 0. The van der Waals surface area contributed by atoms with Crippen LogP contribution >= 0.6 is 0 Å². The molecule has 0 amide bonds. The number of unbranched alkanes of at least 4 members (excludes halogenated alkanes) is 1. The second-order valence-electron chi connectivity index (χ2n) is 3.32. The number of hydrogen-bond acceptors (Lipinski definition) is 1. The molecule has 0 N–H and O–H groups in total. The van der Waals surface area contributed by atoms with Crippen LogP contribution in [0.5, 0.6) is 0 Å². The summed E-state index contributed by atoms with van der Waals surface area (Å²) in [6, 6.07) is 0. The molecule has 0 atom stereocenters. The van der Waals surface area contributed by atoms with Gasteiger partial charge in [-0.3, -0.25) is 4.79 Å². The fourth-order valence-electron chi connectivity index (χ4n) is 1.13. The van der Waals surface area contributed by atoms with Crippen molar-refractivity contribution < 1.29 is 4.79 Å². The predicted molar refractivity (Wildman–Crippen MR) is 62.2 cm³/mol. The fourth-order valence-corrected chi connectivity index (χ4v) is 1.13. The lowest BCUT2D eigenvalue weighted by atomic mass is 10.1. The molecule has 0 saturated carbocycles. The minimum atomic E-state index is 0.858. The van der Waals surface area contributed by atoms with Crippen molar-refractivity contribution >= 4 is 6.29 Å². The Balaban J connectivity index is 3.41. The molecule has 14 heavy (non-hydrogen) atoms. The Morgan fingerprint density at radius 1 is 1.21 bits per heavy atom. The van der Waals surface area contributed by atoms with Crippen LogP contribution in [0, 0.1) is 0 Å². The van der Waals surface area contributed by atoms with E-state index in [2.05, 4.69) is 24.3 Å². The first-order valence-electron chi connectivity index (χ1n) is 5.18. The van der Waals surface area contributed by atoms with Gasteiger partial charge in [0.2, 0.25) is 0 Å². The molecule has 0 rings (SSSR count). The van der Waals surface area contributed by atoms with Gasteiger partial charge in [-0.1, -0.05) is 29.9 Å². The molecule has 78 valence electrons. The first-order valence-corrected chi connectivity index (χ1v) is 5.18. The van der Waals surface area contributed by atoms with Crippen molar-refractivity contribution in [1.82, 2.24) is 0 Å². The van der Waals surface area contributed by atoms with Crippen molar-refractivity contribution in [3.05, 3.63) is 36.0 Å². The zero-order valence-corrected chi connectivity index (χ0v) is 9.20. The Labute approximate surface area is 87.2 Å². The maximum absolute atomic E-state index is 10.1. The number of allylic oxidation sites excluding steroid dienone is 6. The number of aldehydes is 1. The van der Waals surface area contributed by atoms with Gasteiger partial charge in [0.25, 0.3) is 0 Å². The topological polar surface area (TPSA) is 17.1 Å². The summed E-state index contributed by atoms with van der Waals surface area (Å²) in [6.07, 6.45) is 15.3. The van der Waals surface area contributed by atoms with Crippen molar-refractivity contribution in [3.8, 4) is 0 Å². The number of hydrogen-bond donors (Lipinski definition) is 0. The van der Waals surface area contributed by atoms with Crippen LogP contribution in [0.4, 0.5) is 0 Å². The molecule has 0 saturated heterocycles. The standard InChI is InChI=1S/C13H20O/c1-3-4-5-6-7-8-9-10-13(2)11-12-14/h3-4,6-7,11-12H,5,8-10H2,1-2H3/b4-3+,7-6+,13-11-. The number of rotatable bonds is 7. The smallest absolute Gasteiger partial charge is 0.142 e. The van der Waals surface area contributed by atoms with E-state index >= 15 is 0 Å². The highest BCUT2D eigenvalue weighted by atomic mass is 16.1. The highest BCUT2D eigenvalue weighted by Gasteiger charge is 1.87. The Hall–Kier alpha value is -1.11. The van der Waals surface area contributed by atoms with E-state index in [-0.39, 0.29) is 0 Å². The van der Waals surface area contributed by atoms with Crippen LogP contribution < -0.4 is 0 Å². The highest BCUT2D eigenvalue weighted by Crippen LogP contribution is 2.06. The third-order valence-corrected chi connectivity index (χ3v) is 1.97. The molecule has 0 heterocycles. The maximum Gasteiger partial charge on any atom is 0.142 e. The Morgan fingerprint density at radius 2 is 2.00 bits per heavy atom. The summed E-state index contributed by atoms with van der Waals surface area (Å²) in [7, 11) is 0. The lowest BCUT2D eigenvalue weighted by Crippen LogP contribution is -1.78. The molecule has 0 aliphatic carbocycles. The molecule has 0 unspecified atom stereocenters. The second kappa shape index (κ2) is 9.97. The van der Waals surface area contributed by atoms with E-state index in [1.165, 1.54) is 5.57 Å². The van der Waals surface area contributed by atoms with Crippen LogP contribution in [-0.4, -0.2) is 6.29 Å². The molecular formula is C13H20O. The average Bonchev–Trinajstić information content (AvgIpc) is 2.17. The maximum atomic E-state index is 10.1. The summed E-state index contributed by atoms with van der Waals surface area (Å²) in [5.41, 5.74) is 1.17. The Bertz CT molecular complexity index is 221. The third kappa shape index (κ3) is 8.98. The van der Waals surface area contributed by atoms with E-state index < -0.39 is 0 Å². The summed E-state index contributed by atoms with van der Waals surface area (Å²) in [4.78, 5) is 10.1. The van der Waals surface area contributed by atoms with E-state index in [1.807, 2.05) is 13.8 Å². The lowest BCUT2D eigenvalue weighted by Gasteiger charge is -1.95. The molecule has 1 nitrogen and oxygen atoms in total. The van der Waals surface area contributed by atoms with Gasteiger partial charge in [-0.2, -0.15) is 0 Å². The van der Waals surface area contributed by atoms with E-state index in [1.54, 1.807) is 6.08 Å². The molecule has 0 radical (unpaired) electrons. The zero-order valence-electron chi connectivity index (χ0n) is 9.20. The van der Waals surface area contributed by atoms with Gasteiger partial charge in [0.05, 0.1) is 0 Å². The second-order valence-corrected chi connectivity index (χ2v) is 3.32. The van der Waals surface area contributed by atoms with Crippen LogP contribution in [0.2, 0.25) is 0 Å². The monoisotopic (exact) mass is 192 g/mol. The lowest BCUT2D eigenvalue weighted by molar-refractivity contribution is -0.104. The van der Waals surface area contributed by atoms with Gasteiger partial charge >= 0.3 is 0 Å². The van der Waals surface area contributed by atoms with Gasteiger partial charge in [0.15, 0.2) is 0 Å². The van der Waals surface area contributed by atoms with Gasteiger partial charge in [0, 0.05) is 0 Å². The minimum absolute atomic E-state index is 0.858. The van der Waals surface area contributed by atoms with Crippen LogP contribution in [0.25, 0.3) is 0 Å². The van der Waals surface area contributed by atoms with Gasteiger partial charge < -0.3 is 0 Å². The van der Waals surface area contributed by atoms with Crippen LogP contribution in [-0.2, 0) is 4.79 Å². The number of carbonyl (C=O) groups excluding carboxylic acids is 1. The SMILES string of the molecule is C/C=C/C/C=C/CCC/C(C)=C\C=O. The first kappa shape index (κ1) is 12.9. The predicted octanol–water partition coefficient (Wildman–Crippen LogP) is 3.82. The van der Waals surface area contributed by atoms with Crippen molar-refractivity contribution in [3.63, 3.8) is 0 Å². The van der Waals surface area contributed by atoms with Crippen molar-refractivity contribution in [1.29, 1.82) is 0 Å². The Morgan fingerprint density at radius 3 is 2.64 bits per heavy atom. The summed E-state index contributed by atoms with van der Waals surface area (Å²) in [6.45, 7) is 4.03. The van der Waals surface area contributed by atoms with Gasteiger partial charge in [-0.15, -0.1) is 0 Å². The summed E-state index contributed by atoms with van der Waals surface area (Å²) >= 11 is 0. The first-order chi connectivity index (χ1) is 6.81.